The molecule has 0 radical (unpaired) electrons. The Morgan fingerprint density at radius 2 is 1.84 bits per heavy atom. The van der Waals surface area contributed by atoms with Crippen molar-refractivity contribution >= 4 is 29.7 Å². The largest absolute Gasteiger partial charge is 0.491 e. The highest BCUT2D eigenvalue weighted by Gasteiger charge is 2.32. The Labute approximate surface area is 262 Å². The third-order valence-corrected chi connectivity index (χ3v) is 8.88. The molecule has 0 aliphatic carbocycles. The second-order valence-electron chi connectivity index (χ2n) is 11.0. The smallest absolute Gasteiger partial charge is 0.469 e. The van der Waals surface area contributed by atoms with E-state index in [9.17, 15) is 14.2 Å². The monoisotopic (exact) mass is 685 g/mol. The Morgan fingerprint density at radius 3 is 2.45 bits per heavy atom. The van der Waals surface area contributed by atoms with Gasteiger partial charge >= 0.3 is 7.82 Å². The van der Waals surface area contributed by atoms with E-state index in [1.165, 1.54) is 11.5 Å². The van der Waals surface area contributed by atoms with Gasteiger partial charge in [0.1, 0.15) is 18.5 Å². The van der Waals surface area contributed by atoms with Crippen molar-refractivity contribution in [3.8, 4) is 17.4 Å². The number of carbonyl (C=O) groups is 1. The van der Waals surface area contributed by atoms with Gasteiger partial charge in [-0.25, -0.2) is 18.8 Å². The lowest BCUT2D eigenvalue weighted by atomic mass is 9.98. The topological polar surface area (TPSA) is 149 Å². The van der Waals surface area contributed by atoms with Crippen molar-refractivity contribution in [3.63, 3.8) is 0 Å². The van der Waals surface area contributed by atoms with Crippen LogP contribution in [0, 0.1) is 20.8 Å². The number of fused-ring (bicyclic) bond motifs is 1. The minimum Gasteiger partial charge on any atom is -0.491 e. The van der Waals surface area contributed by atoms with Crippen LogP contribution in [0.3, 0.4) is 0 Å². The second-order valence-corrected chi connectivity index (χ2v) is 13.0. The van der Waals surface area contributed by atoms with E-state index >= 15 is 0 Å². The molecule has 1 aliphatic heterocycles. The third kappa shape index (κ3) is 6.72. The standard InChI is InChI=1S/C30H33BrN5O7P/c1-17-12-22(6-11-26(17)31)28(37)34-15-27-25(14-19(34)3)29(38)35(30(32-27)36-20(4)13-18(2)33-36)23-7-9-24(10-8-23)42-16-21(5)43-44(39,40)41/h6-13,19,21H,14-16H2,1-5H3,(H2,39,40,41)/t19-,21+/m1/s1. The molecular formula is C30H33BrN5O7P. The SMILES string of the molecule is Cc1cc(C)n(-c2nc3c(c(=O)n2-c2ccc(OC[C@H](C)OP(=O)(O)O)cc2)C[C@@H](C)N(C(=O)c2ccc(Br)c(C)c2)C3)n1. The third-order valence-electron chi connectivity index (χ3n) is 7.36. The van der Waals surface area contributed by atoms with Crippen molar-refractivity contribution in [1.29, 1.82) is 0 Å². The van der Waals surface area contributed by atoms with E-state index in [2.05, 4.69) is 25.6 Å². The first-order chi connectivity index (χ1) is 20.7. The molecule has 0 saturated heterocycles. The molecule has 0 bridgehead atoms. The molecule has 1 aliphatic rings. The van der Waals surface area contributed by atoms with Gasteiger partial charge in [-0.3, -0.25) is 14.1 Å². The number of aromatic nitrogens is 4. The van der Waals surface area contributed by atoms with Gasteiger partial charge in [0.2, 0.25) is 5.95 Å². The van der Waals surface area contributed by atoms with Gasteiger partial charge in [0, 0.05) is 27.3 Å². The van der Waals surface area contributed by atoms with Gasteiger partial charge < -0.3 is 19.4 Å². The number of rotatable bonds is 8. The minimum absolute atomic E-state index is 0.0885. The lowest BCUT2D eigenvalue weighted by Gasteiger charge is -2.34. The molecule has 0 spiro atoms. The maximum Gasteiger partial charge on any atom is 0.469 e. The normalized spacial score (nSPS) is 15.6. The van der Waals surface area contributed by atoms with Gasteiger partial charge in [-0.15, -0.1) is 0 Å². The molecule has 1 amide bonds. The number of phosphoric acid groups is 1. The van der Waals surface area contributed by atoms with Gasteiger partial charge in [-0.2, -0.15) is 5.10 Å². The molecular weight excluding hydrogens is 653 g/mol. The van der Waals surface area contributed by atoms with E-state index in [0.717, 1.165) is 21.4 Å². The van der Waals surface area contributed by atoms with Crippen molar-refractivity contribution in [2.24, 2.45) is 0 Å². The van der Waals surface area contributed by atoms with E-state index in [0.29, 0.717) is 34.7 Å². The van der Waals surface area contributed by atoms with Crippen LogP contribution in [0.25, 0.3) is 11.6 Å². The molecule has 2 atom stereocenters. The average molecular weight is 686 g/mol. The number of ether oxygens (including phenoxy) is 1. The van der Waals surface area contributed by atoms with E-state index in [1.807, 2.05) is 45.9 Å². The minimum atomic E-state index is -4.63. The molecule has 232 valence electrons. The summed E-state index contributed by atoms with van der Waals surface area (Å²) in [5, 5.41) is 4.59. The summed E-state index contributed by atoms with van der Waals surface area (Å²) in [6, 6.07) is 13.8. The van der Waals surface area contributed by atoms with Crippen LogP contribution < -0.4 is 10.3 Å². The number of amides is 1. The highest BCUT2D eigenvalue weighted by molar-refractivity contribution is 9.10. The Kier molecular flexibility index (Phi) is 8.97. The van der Waals surface area contributed by atoms with E-state index in [-0.39, 0.29) is 36.6 Å². The Morgan fingerprint density at radius 1 is 1.14 bits per heavy atom. The maximum absolute atomic E-state index is 14.2. The van der Waals surface area contributed by atoms with E-state index in [4.69, 9.17) is 19.5 Å². The van der Waals surface area contributed by atoms with Crippen molar-refractivity contribution < 1.29 is 28.4 Å². The molecule has 3 heterocycles. The van der Waals surface area contributed by atoms with Crippen molar-refractivity contribution in [2.45, 2.75) is 59.7 Å². The first-order valence-electron chi connectivity index (χ1n) is 13.9. The molecule has 2 N–H and O–H groups in total. The number of aryl methyl sites for hydroxylation is 3. The summed E-state index contributed by atoms with van der Waals surface area (Å²) in [4.78, 5) is 52.5. The van der Waals surface area contributed by atoms with E-state index < -0.39 is 13.9 Å². The zero-order valence-electron chi connectivity index (χ0n) is 24.9. The number of nitrogens with zero attached hydrogens (tertiary/aromatic N) is 5. The maximum atomic E-state index is 14.2. The first kappa shape index (κ1) is 31.8. The molecule has 12 nitrogen and oxygen atoms in total. The lowest BCUT2D eigenvalue weighted by molar-refractivity contribution is 0.0652. The predicted molar refractivity (Wildman–Crippen MR) is 166 cm³/mol. The molecule has 5 rings (SSSR count). The summed E-state index contributed by atoms with van der Waals surface area (Å²) < 4.78 is 25.4. The summed E-state index contributed by atoms with van der Waals surface area (Å²) in [6.45, 7) is 9.16. The molecule has 0 unspecified atom stereocenters. The summed E-state index contributed by atoms with van der Waals surface area (Å²) in [5.41, 5.74) is 4.38. The fourth-order valence-corrected chi connectivity index (χ4v) is 6.01. The summed E-state index contributed by atoms with van der Waals surface area (Å²) in [7, 11) is -4.63. The van der Waals surface area contributed by atoms with Gasteiger partial charge in [-0.1, -0.05) is 15.9 Å². The molecule has 14 heteroatoms. The molecule has 4 aromatic rings. The average Bonchev–Trinajstić information content (AvgIpc) is 3.29. The van der Waals surface area contributed by atoms with Crippen molar-refractivity contribution in [2.75, 3.05) is 6.61 Å². The quantitative estimate of drug-likeness (QED) is 0.254. The van der Waals surface area contributed by atoms with E-state index in [1.54, 1.807) is 39.9 Å². The highest BCUT2D eigenvalue weighted by atomic mass is 79.9. The number of halogens is 1. The molecule has 0 fully saturated rings. The van der Waals surface area contributed by atoms with Crippen LogP contribution in [0.15, 0.2) is 57.8 Å². The van der Waals surface area contributed by atoms with Crippen LogP contribution in [-0.4, -0.2) is 58.7 Å². The van der Waals surface area contributed by atoms with Gasteiger partial charge in [0.15, 0.2) is 0 Å². The van der Waals surface area contributed by atoms with Crippen LogP contribution in [-0.2, 0) is 22.1 Å². The molecule has 0 saturated carbocycles. The van der Waals surface area contributed by atoms with Crippen molar-refractivity contribution in [3.05, 3.63) is 97.1 Å². The zero-order valence-corrected chi connectivity index (χ0v) is 27.4. The highest BCUT2D eigenvalue weighted by Crippen LogP contribution is 2.37. The predicted octanol–water partition coefficient (Wildman–Crippen LogP) is 4.57. The second kappa shape index (κ2) is 12.4. The van der Waals surface area contributed by atoms with Gasteiger partial charge in [0.25, 0.3) is 11.5 Å². The Bertz CT molecular complexity index is 1830. The number of phosphoric ester groups is 1. The number of benzene rings is 2. The van der Waals surface area contributed by atoms with Crippen molar-refractivity contribution in [1.82, 2.24) is 24.2 Å². The molecule has 2 aromatic carbocycles. The molecule has 44 heavy (non-hydrogen) atoms. The molecule has 2 aromatic heterocycles. The van der Waals surface area contributed by atoms with Crippen LogP contribution in [0.2, 0.25) is 0 Å². The van der Waals surface area contributed by atoms with Crippen LogP contribution >= 0.6 is 23.8 Å². The summed E-state index contributed by atoms with van der Waals surface area (Å²) in [6.07, 6.45) is -0.514. The summed E-state index contributed by atoms with van der Waals surface area (Å²) in [5.74, 6) is 0.583. The van der Waals surface area contributed by atoms with Crippen LogP contribution in [0.4, 0.5) is 0 Å². The van der Waals surface area contributed by atoms with Crippen LogP contribution in [0.5, 0.6) is 5.75 Å². The van der Waals surface area contributed by atoms with Gasteiger partial charge in [-0.05, 0) is 95.1 Å². The zero-order chi connectivity index (χ0) is 31.9. The fourth-order valence-electron chi connectivity index (χ4n) is 5.24. The van der Waals surface area contributed by atoms with Gasteiger partial charge in [0.05, 0.1) is 23.6 Å². The van der Waals surface area contributed by atoms with Crippen LogP contribution in [0.1, 0.15) is 52.4 Å². The number of hydrogen-bond acceptors (Lipinski definition) is 7. The summed E-state index contributed by atoms with van der Waals surface area (Å²) >= 11 is 3.49. The number of hydrogen-bond donors (Lipinski definition) is 2. The number of carbonyl (C=O) groups excluding carboxylic acids is 1. The lowest BCUT2D eigenvalue weighted by Crippen LogP contribution is -2.46. The first-order valence-corrected chi connectivity index (χ1v) is 16.3. The Hall–Kier alpha value is -3.61. The Balaban J connectivity index is 1.52. The fraction of sp³-hybridized carbons (Fsp3) is 0.333.